The van der Waals surface area contributed by atoms with E-state index in [1.165, 1.54) is 0 Å². The topological polar surface area (TPSA) is 66.4 Å². The highest BCUT2D eigenvalue weighted by Gasteiger charge is 2.23. The third kappa shape index (κ3) is 3.99. The number of aliphatic hydroxyl groups is 1. The van der Waals surface area contributed by atoms with Crippen molar-refractivity contribution in [2.45, 2.75) is 12.5 Å². The third-order valence-corrected chi connectivity index (χ3v) is 2.74. The molecule has 2 N–H and O–H groups in total. The molecule has 1 aromatic carbocycles. The highest BCUT2D eigenvalue weighted by molar-refractivity contribution is 7.88. The first-order chi connectivity index (χ1) is 6.81. The molecule has 1 rings (SSSR count). The Morgan fingerprint density at radius 1 is 1.33 bits per heavy atom. The molecule has 1 atom stereocenters. The number of benzene rings is 1. The summed E-state index contributed by atoms with van der Waals surface area (Å²) >= 11 is 0. The van der Waals surface area contributed by atoms with Crippen LogP contribution in [0.25, 0.3) is 0 Å². The molecule has 5 heteroatoms. The van der Waals surface area contributed by atoms with Crippen molar-refractivity contribution in [1.82, 2.24) is 4.72 Å². The van der Waals surface area contributed by atoms with Gasteiger partial charge in [0.15, 0.2) is 0 Å². The molecule has 0 heterocycles. The van der Waals surface area contributed by atoms with Gasteiger partial charge in [-0.25, -0.2) is 13.1 Å². The molecule has 0 fully saturated rings. The smallest absolute Gasteiger partial charge is 0.208 e. The standard InChI is InChI=1S/C10H15NO3S/c1-10(12,8-11-15(2,13)14)9-6-4-3-5-7-9/h3-7,11-12H,8H2,1-2H3/t10-/m0/s1. The Bertz CT molecular complexity index is 412. The van der Waals surface area contributed by atoms with E-state index in [0.29, 0.717) is 5.56 Å². The van der Waals surface area contributed by atoms with Crippen molar-refractivity contribution < 1.29 is 13.5 Å². The van der Waals surface area contributed by atoms with Gasteiger partial charge in [0.2, 0.25) is 10.0 Å². The lowest BCUT2D eigenvalue weighted by Gasteiger charge is -2.23. The molecule has 1 aromatic rings. The maximum absolute atomic E-state index is 10.9. The summed E-state index contributed by atoms with van der Waals surface area (Å²) in [5.41, 5.74) is -0.509. The van der Waals surface area contributed by atoms with Crippen molar-refractivity contribution in [3.05, 3.63) is 35.9 Å². The van der Waals surface area contributed by atoms with Gasteiger partial charge in [0, 0.05) is 6.54 Å². The Morgan fingerprint density at radius 2 is 1.87 bits per heavy atom. The highest BCUT2D eigenvalue weighted by Crippen LogP contribution is 2.18. The van der Waals surface area contributed by atoms with Crippen molar-refractivity contribution in [3.63, 3.8) is 0 Å². The van der Waals surface area contributed by atoms with Gasteiger partial charge >= 0.3 is 0 Å². The normalized spacial score (nSPS) is 15.9. The maximum atomic E-state index is 10.9. The van der Waals surface area contributed by atoms with Crippen LogP contribution < -0.4 is 4.72 Å². The first-order valence-corrected chi connectivity index (χ1v) is 6.43. The molecule has 0 bridgehead atoms. The van der Waals surface area contributed by atoms with Crippen molar-refractivity contribution in [2.75, 3.05) is 12.8 Å². The van der Waals surface area contributed by atoms with Crippen LogP contribution in [0, 0.1) is 0 Å². The van der Waals surface area contributed by atoms with Crippen molar-refractivity contribution in [1.29, 1.82) is 0 Å². The van der Waals surface area contributed by atoms with Crippen LogP contribution in [0.2, 0.25) is 0 Å². The largest absolute Gasteiger partial charge is 0.384 e. The molecular formula is C10H15NO3S. The van der Waals surface area contributed by atoms with Gasteiger partial charge in [-0.2, -0.15) is 0 Å². The Labute approximate surface area is 90.0 Å². The Morgan fingerprint density at radius 3 is 2.33 bits per heavy atom. The monoisotopic (exact) mass is 229 g/mol. The predicted octanol–water partition coefficient (Wildman–Crippen LogP) is 0.443. The summed E-state index contributed by atoms with van der Waals surface area (Å²) in [6, 6.07) is 8.94. The van der Waals surface area contributed by atoms with Gasteiger partial charge < -0.3 is 5.11 Å². The third-order valence-electron chi connectivity index (χ3n) is 2.07. The summed E-state index contributed by atoms with van der Waals surface area (Å²) in [4.78, 5) is 0. The summed E-state index contributed by atoms with van der Waals surface area (Å²) in [7, 11) is -3.28. The summed E-state index contributed by atoms with van der Waals surface area (Å²) in [5, 5.41) is 10.0. The lowest BCUT2D eigenvalue weighted by atomic mass is 9.97. The molecule has 0 spiro atoms. The first-order valence-electron chi connectivity index (χ1n) is 4.54. The minimum atomic E-state index is -3.28. The molecule has 0 saturated carbocycles. The number of sulfonamides is 1. The van der Waals surface area contributed by atoms with Gasteiger partial charge in [-0.3, -0.25) is 0 Å². The lowest BCUT2D eigenvalue weighted by molar-refractivity contribution is 0.0628. The van der Waals surface area contributed by atoms with Gasteiger partial charge in [-0.1, -0.05) is 30.3 Å². The minimum Gasteiger partial charge on any atom is -0.384 e. The molecule has 0 amide bonds. The molecule has 0 aromatic heterocycles. The van der Waals surface area contributed by atoms with Crippen LogP contribution in [0.5, 0.6) is 0 Å². The molecule has 0 aliphatic carbocycles. The molecular weight excluding hydrogens is 214 g/mol. The number of rotatable bonds is 4. The fourth-order valence-electron chi connectivity index (χ4n) is 1.17. The van der Waals surface area contributed by atoms with Gasteiger partial charge in [0.1, 0.15) is 5.60 Å². The van der Waals surface area contributed by atoms with Gasteiger partial charge in [0.25, 0.3) is 0 Å². The predicted molar refractivity (Wildman–Crippen MR) is 58.9 cm³/mol. The zero-order valence-electron chi connectivity index (χ0n) is 8.77. The molecule has 0 saturated heterocycles. The van der Waals surface area contributed by atoms with Crippen molar-refractivity contribution >= 4 is 10.0 Å². The minimum absolute atomic E-state index is 0.0319. The molecule has 15 heavy (non-hydrogen) atoms. The van der Waals surface area contributed by atoms with E-state index in [0.717, 1.165) is 6.26 Å². The molecule has 0 aliphatic rings. The van der Waals surface area contributed by atoms with E-state index >= 15 is 0 Å². The number of nitrogens with one attached hydrogen (secondary N) is 1. The van der Waals surface area contributed by atoms with Crippen LogP contribution in [0.4, 0.5) is 0 Å². The quantitative estimate of drug-likeness (QED) is 0.787. The average Bonchev–Trinajstić information content (AvgIpc) is 2.16. The summed E-state index contributed by atoms with van der Waals surface area (Å²) < 4.78 is 24.1. The van der Waals surface area contributed by atoms with E-state index in [2.05, 4.69) is 4.72 Å². The average molecular weight is 229 g/mol. The second-order valence-electron chi connectivity index (χ2n) is 3.73. The number of hydrogen-bond donors (Lipinski definition) is 2. The fraction of sp³-hybridized carbons (Fsp3) is 0.400. The lowest BCUT2D eigenvalue weighted by Crippen LogP contribution is -2.38. The SMILES string of the molecule is C[C@](O)(CNS(C)(=O)=O)c1ccccc1. The van der Waals surface area contributed by atoms with Gasteiger partial charge in [-0.15, -0.1) is 0 Å². The van der Waals surface area contributed by atoms with Crippen molar-refractivity contribution in [3.8, 4) is 0 Å². The van der Waals surface area contributed by atoms with Crippen LogP contribution in [-0.2, 0) is 15.6 Å². The Hall–Kier alpha value is -0.910. The fourth-order valence-corrected chi connectivity index (χ4v) is 1.71. The summed E-state index contributed by atoms with van der Waals surface area (Å²) in [6.07, 6.45) is 1.06. The first kappa shape index (κ1) is 12.2. The molecule has 84 valence electrons. The molecule has 0 unspecified atom stereocenters. The van der Waals surface area contributed by atoms with E-state index in [1.54, 1.807) is 31.2 Å². The molecule has 0 radical (unpaired) electrons. The van der Waals surface area contributed by atoms with E-state index in [1.807, 2.05) is 6.07 Å². The van der Waals surface area contributed by atoms with Gasteiger partial charge in [0.05, 0.1) is 6.26 Å². The van der Waals surface area contributed by atoms with E-state index in [-0.39, 0.29) is 6.54 Å². The van der Waals surface area contributed by atoms with E-state index < -0.39 is 15.6 Å². The second-order valence-corrected chi connectivity index (χ2v) is 5.57. The van der Waals surface area contributed by atoms with Crippen LogP contribution in [-0.4, -0.2) is 26.3 Å². The highest BCUT2D eigenvalue weighted by atomic mass is 32.2. The van der Waals surface area contributed by atoms with Crippen LogP contribution in [0.15, 0.2) is 30.3 Å². The van der Waals surface area contributed by atoms with E-state index in [4.69, 9.17) is 0 Å². The Kier molecular flexibility index (Phi) is 3.49. The van der Waals surface area contributed by atoms with Crippen LogP contribution in [0.1, 0.15) is 12.5 Å². The van der Waals surface area contributed by atoms with Crippen LogP contribution >= 0.6 is 0 Å². The zero-order chi connectivity index (χ0) is 11.5. The van der Waals surface area contributed by atoms with Crippen LogP contribution in [0.3, 0.4) is 0 Å². The van der Waals surface area contributed by atoms with E-state index in [9.17, 15) is 13.5 Å². The summed E-state index contributed by atoms with van der Waals surface area (Å²) in [6.45, 7) is 1.54. The zero-order valence-corrected chi connectivity index (χ0v) is 9.58. The summed E-state index contributed by atoms with van der Waals surface area (Å²) in [5.74, 6) is 0. The maximum Gasteiger partial charge on any atom is 0.208 e. The molecule has 0 aliphatic heterocycles. The van der Waals surface area contributed by atoms with Gasteiger partial charge in [-0.05, 0) is 12.5 Å². The Balaban J connectivity index is 2.76. The molecule has 4 nitrogen and oxygen atoms in total. The van der Waals surface area contributed by atoms with Crippen molar-refractivity contribution in [2.24, 2.45) is 0 Å². The number of hydrogen-bond acceptors (Lipinski definition) is 3. The second kappa shape index (κ2) is 4.30.